The Kier molecular flexibility index (Phi) is 7.67. The number of nitrogens with zero attached hydrogens (tertiary/aromatic N) is 1. The molecule has 1 aliphatic rings. The first-order valence-electron chi connectivity index (χ1n) is 10.4. The van der Waals surface area contributed by atoms with Crippen molar-refractivity contribution >= 4 is 16.0 Å². The Bertz CT molecular complexity index is 983. The third kappa shape index (κ3) is 5.83. The van der Waals surface area contributed by atoms with Crippen LogP contribution in [-0.4, -0.2) is 45.0 Å². The summed E-state index contributed by atoms with van der Waals surface area (Å²) in [6.45, 7) is 4.69. The minimum atomic E-state index is -3.58. The van der Waals surface area contributed by atoms with Gasteiger partial charge in [-0.1, -0.05) is 38.1 Å². The summed E-state index contributed by atoms with van der Waals surface area (Å²) in [6.07, 6.45) is 0.798. The molecule has 0 amide bonds. The molecule has 8 heteroatoms. The van der Waals surface area contributed by atoms with Gasteiger partial charge in [-0.3, -0.25) is 4.79 Å². The summed E-state index contributed by atoms with van der Waals surface area (Å²) < 4.78 is 51.2. The van der Waals surface area contributed by atoms with Crippen LogP contribution in [0.3, 0.4) is 0 Å². The number of esters is 1. The van der Waals surface area contributed by atoms with Crippen LogP contribution < -0.4 is 4.74 Å². The standard InChI is InChI=1S/C23H28FNO5S/c1-17(2)18-7-9-20(10-8-18)31(27,28)25-13-11-19(12-14-25)23(26)30-16-15-29-22-6-4-3-5-21(22)24/h3-10,17,19H,11-16H2,1-2H3. The van der Waals surface area contributed by atoms with Gasteiger partial charge in [0, 0.05) is 13.1 Å². The number of hydrogen-bond donors (Lipinski definition) is 0. The molecule has 1 heterocycles. The Morgan fingerprint density at radius 3 is 2.32 bits per heavy atom. The summed E-state index contributed by atoms with van der Waals surface area (Å²) in [5.41, 5.74) is 1.08. The van der Waals surface area contributed by atoms with E-state index in [0.29, 0.717) is 18.8 Å². The average Bonchev–Trinajstić information content (AvgIpc) is 2.77. The molecule has 0 saturated carbocycles. The molecule has 31 heavy (non-hydrogen) atoms. The van der Waals surface area contributed by atoms with E-state index >= 15 is 0 Å². The van der Waals surface area contributed by atoms with Crippen molar-refractivity contribution in [1.82, 2.24) is 4.31 Å². The lowest BCUT2D eigenvalue weighted by atomic mass is 9.98. The molecule has 1 aliphatic heterocycles. The number of para-hydroxylation sites is 1. The minimum absolute atomic E-state index is 0.00782. The third-order valence-corrected chi connectivity index (χ3v) is 7.31. The van der Waals surface area contributed by atoms with Crippen LogP contribution in [0, 0.1) is 11.7 Å². The van der Waals surface area contributed by atoms with Crippen LogP contribution in [0.2, 0.25) is 0 Å². The van der Waals surface area contributed by atoms with Crippen molar-refractivity contribution in [3.05, 3.63) is 59.9 Å². The fourth-order valence-electron chi connectivity index (χ4n) is 3.48. The minimum Gasteiger partial charge on any atom is -0.487 e. The summed E-state index contributed by atoms with van der Waals surface area (Å²) in [5.74, 6) is -0.769. The highest BCUT2D eigenvalue weighted by Gasteiger charge is 2.32. The molecule has 0 bridgehead atoms. The van der Waals surface area contributed by atoms with Gasteiger partial charge >= 0.3 is 5.97 Å². The van der Waals surface area contributed by atoms with Crippen LogP contribution >= 0.6 is 0 Å². The molecule has 0 radical (unpaired) electrons. The topological polar surface area (TPSA) is 72.9 Å². The normalized spacial score (nSPS) is 15.7. The van der Waals surface area contributed by atoms with Gasteiger partial charge in [0.2, 0.25) is 10.0 Å². The zero-order chi connectivity index (χ0) is 22.4. The first-order valence-corrected chi connectivity index (χ1v) is 11.9. The summed E-state index contributed by atoms with van der Waals surface area (Å²) >= 11 is 0. The van der Waals surface area contributed by atoms with Gasteiger partial charge in [-0.05, 0) is 48.6 Å². The second kappa shape index (κ2) is 10.2. The highest BCUT2D eigenvalue weighted by atomic mass is 32.2. The van der Waals surface area contributed by atoms with Crippen molar-refractivity contribution in [2.24, 2.45) is 5.92 Å². The smallest absolute Gasteiger partial charge is 0.309 e. The second-order valence-electron chi connectivity index (χ2n) is 7.85. The van der Waals surface area contributed by atoms with Crippen LogP contribution in [0.1, 0.15) is 38.2 Å². The van der Waals surface area contributed by atoms with E-state index in [0.717, 1.165) is 5.56 Å². The monoisotopic (exact) mass is 449 g/mol. The number of sulfonamides is 1. The molecule has 3 rings (SSSR count). The van der Waals surface area contributed by atoms with Gasteiger partial charge in [0.1, 0.15) is 13.2 Å². The number of halogens is 1. The Morgan fingerprint density at radius 2 is 1.71 bits per heavy atom. The van der Waals surface area contributed by atoms with Gasteiger partial charge in [-0.2, -0.15) is 4.31 Å². The molecule has 0 atom stereocenters. The van der Waals surface area contributed by atoms with E-state index in [1.165, 1.54) is 16.4 Å². The Balaban J connectivity index is 1.46. The van der Waals surface area contributed by atoms with Gasteiger partial charge in [0.25, 0.3) is 0 Å². The van der Waals surface area contributed by atoms with Crippen LogP contribution in [-0.2, 0) is 19.6 Å². The third-order valence-electron chi connectivity index (χ3n) is 5.39. The lowest BCUT2D eigenvalue weighted by Crippen LogP contribution is -2.40. The summed E-state index contributed by atoms with van der Waals surface area (Å²) in [4.78, 5) is 12.6. The number of carbonyl (C=O) groups is 1. The van der Waals surface area contributed by atoms with Gasteiger partial charge in [-0.25, -0.2) is 12.8 Å². The summed E-state index contributed by atoms with van der Waals surface area (Å²) in [7, 11) is -3.58. The molecule has 2 aromatic carbocycles. The highest BCUT2D eigenvalue weighted by Crippen LogP contribution is 2.26. The molecule has 168 valence electrons. The Hall–Kier alpha value is -2.45. The SMILES string of the molecule is CC(C)c1ccc(S(=O)(=O)N2CCC(C(=O)OCCOc3ccccc3F)CC2)cc1. The molecular weight excluding hydrogens is 421 g/mol. The molecule has 2 aromatic rings. The largest absolute Gasteiger partial charge is 0.487 e. The number of ether oxygens (including phenoxy) is 2. The number of benzene rings is 2. The zero-order valence-electron chi connectivity index (χ0n) is 17.8. The van der Waals surface area contributed by atoms with Gasteiger partial charge < -0.3 is 9.47 Å². The number of hydrogen-bond acceptors (Lipinski definition) is 5. The van der Waals surface area contributed by atoms with Crippen LogP contribution in [0.25, 0.3) is 0 Å². The average molecular weight is 450 g/mol. The van der Waals surface area contributed by atoms with Crippen molar-refractivity contribution in [2.75, 3.05) is 26.3 Å². The van der Waals surface area contributed by atoms with Crippen LogP contribution in [0.15, 0.2) is 53.4 Å². The van der Waals surface area contributed by atoms with E-state index in [4.69, 9.17) is 9.47 Å². The van der Waals surface area contributed by atoms with Crippen molar-refractivity contribution in [3.8, 4) is 5.75 Å². The van der Waals surface area contributed by atoms with E-state index in [2.05, 4.69) is 13.8 Å². The molecule has 0 unspecified atom stereocenters. The van der Waals surface area contributed by atoms with E-state index in [1.54, 1.807) is 24.3 Å². The van der Waals surface area contributed by atoms with E-state index in [-0.39, 0.29) is 48.8 Å². The van der Waals surface area contributed by atoms with E-state index < -0.39 is 15.8 Å². The van der Waals surface area contributed by atoms with Crippen molar-refractivity contribution in [1.29, 1.82) is 0 Å². The Labute approximate surface area is 183 Å². The molecular formula is C23H28FNO5S. The predicted octanol–water partition coefficient (Wildman–Crippen LogP) is 3.97. The number of piperidine rings is 1. The van der Waals surface area contributed by atoms with Crippen LogP contribution in [0.5, 0.6) is 5.75 Å². The number of rotatable bonds is 8. The number of carbonyl (C=O) groups excluding carboxylic acids is 1. The molecule has 1 fully saturated rings. The molecule has 0 spiro atoms. The van der Waals surface area contributed by atoms with Crippen LogP contribution in [0.4, 0.5) is 4.39 Å². The fraction of sp³-hybridized carbons (Fsp3) is 0.435. The molecule has 0 aliphatic carbocycles. The van der Waals surface area contributed by atoms with Gasteiger partial charge in [0.15, 0.2) is 11.6 Å². The van der Waals surface area contributed by atoms with Gasteiger partial charge in [-0.15, -0.1) is 0 Å². The lowest BCUT2D eigenvalue weighted by Gasteiger charge is -2.30. The summed E-state index contributed by atoms with van der Waals surface area (Å²) in [6, 6.07) is 13.0. The maximum absolute atomic E-state index is 13.5. The first kappa shape index (κ1) is 23.2. The van der Waals surface area contributed by atoms with E-state index in [1.807, 2.05) is 12.1 Å². The van der Waals surface area contributed by atoms with Crippen molar-refractivity contribution in [2.45, 2.75) is 37.5 Å². The van der Waals surface area contributed by atoms with Crippen molar-refractivity contribution < 1.29 is 27.1 Å². The Morgan fingerprint density at radius 1 is 1.06 bits per heavy atom. The second-order valence-corrected chi connectivity index (χ2v) is 9.79. The predicted molar refractivity (Wildman–Crippen MR) is 115 cm³/mol. The first-order chi connectivity index (χ1) is 14.8. The van der Waals surface area contributed by atoms with E-state index in [9.17, 15) is 17.6 Å². The highest BCUT2D eigenvalue weighted by molar-refractivity contribution is 7.89. The summed E-state index contributed by atoms with van der Waals surface area (Å²) in [5, 5.41) is 0. The van der Waals surface area contributed by atoms with Gasteiger partial charge in [0.05, 0.1) is 10.8 Å². The van der Waals surface area contributed by atoms with Crippen molar-refractivity contribution in [3.63, 3.8) is 0 Å². The molecule has 6 nitrogen and oxygen atoms in total. The molecule has 1 saturated heterocycles. The molecule has 0 N–H and O–H groups in total. The molecule has 0 aromatic heterocycles. The zero-order valence-corrected chi connectivity index (χ0v) is 18.6. The maximum Gasteiger partial charge on any atom is 0.309 e. The quantitative estimate of drug-likeness (QED) is 0.450. The lowest BCUT2D eigenvalue weighted by molar-refractivity contribution is -0.150. The maximum atomic E-state index is 13.5. The fourth-order valence-corrected chi connectivity index (χ4v) is 4.95.